The molecule has 114 valence electrons. The molecule has 1 heterocycles. The van der Waals surface area contributed by atoms with Crippen LogP contribution in [0, 0.1) is 0 Å². The van der Waals surface area contributed by atoms with Gasteiger partial charge in [0, 0.05) is 6.61 Å². The zero-order valence-corrected chi connectivity index (χ0v) is 12.9. The molecule has 2 heteroatoms. The first-order valence-corrected chi connectivity index (χ1v) is 7.89. The highest BCUT2D eigenvalue weighted by molar-refractivity contribution is 5.83. The highest BCUT2D eigenvalue weighted by atomic mass is 16.3. The fourth-order valence-electron chi connectivity index (χ4n) is 3.16. The second kappa shape index (κ2) is 6.80. The van der Waals surface area contributed by atoms with E-state index in [9.17, 15) is 5.11 Å². The molecule has 22 heavy (non-hydrogen) atoms. The molecule has 0 saturated carbocycles. The lowest BCUT2D eigenvalue weighted by molar-refractivity contribution is 0.270. The normalized spacial score (nSPS) is 14.1. The first-order chi connectivity index (χ1) is 10.8. The molecule has 0 aliphatic carbocycles. The molecule has 0 saturated heterocycles. The van der Waals surface area contributed by atoms with E-state index in [1.54, 1.807) is 12.5 Å². The Balaban J connectivity index is 1.80. The van der Waals surface area contributed by atoms with Crippen molar-refractivity contribution >= 4 is 10.8 Å². The van der Waals surface area contributed by atoms with Crippen LogP contribution in [-0.4, -0.2) is 11.7 Å². The molecule has 2 atom stereocenters. The predicted octanol–water partition coefficient (Wildman–Crippen LogP) is 5.09. The quantitative estimate of drug-likeness (QED) is 0.686. The lowest BCUT2D eigenvalue weighted by Gasteiger charge is -2.20. The van der Waals surface area contributed by atoms with Gasteiger partial charge in [-0.05, 0) is 52.6 Å². The minimum atomic E-state index is 0.209. The van der Waals surface area contributed by atoms with Gasteiger partial charge in [-0.2, -0.15) is 0 Å². The highest BCUT2D eigenvalue weighted by Crippen LogP contribution is 2.33. The van der Waals surface area contributed by atoms with Crippen molar-refractivity contribution in [3.05, 3.63) is 72.2 Å². The minimum absolute atomic E-state index is 0.209. The maximum absolute atomic E-state index is 9.33. The van der Waals surface area contributed by atoms with Crippen molar-refractivity contribution in [3.8, 4) is 0 Å². The molecule has 0 spiro atoms. The van der Waals surface area contributed by atoms with Crippen LogP contribution < -0.4 is 0 Å². The lowest BCUT2D eigenvalue weighted by Crippen LogP contribution is -2.06. The Morgan fingerprint density at radius 1 is 1.00 bits per heavy atom. The van der Waals surface area contributed by atoms with E-state index in [1.165, 1.54) is 21.9 Å². The number of fused-ring (bicyclic) bond motifs is 1. The number of aliphatic hydroxyl groups is 1. The van der Waals surface area contributed by atoms with Gasteiger partial charge in [-0.1, -0.05) is 49.4 Å². The van der Waals surface area contributed by atoms with Crippen LogP contribution in [0.5, 0.6) is 0 Å². The van der Waals surface area contributed by atoms with Gasteiger partial charge in [0.25, 0.3) is 0 Å². The summed E-state index contributed by atoms with van der Waals surface area (Å²) < 4.78 is 5.21. The van der Waals surface area contributed by atoms with Gasteiger partial charge in [0.05, 0.1) is 12.5 Å². The average molecular weight is 294 g/mol. The zero-order chi connectivity index (χ0) is 15.4. The Morgan fingerprint density at radius 2 is 1.82 bits per heavy atom. The summed E-state index contributed by atoms with van der Waals surface area (Å²) in [6.07, 6.45) is 5.30. The van der Waals surface area contributed by atoms with E-state index in [0.29, 0.717) is 11.8 Å². The summed E-state index contributed by atoms with van der Waals surface area (Å²) >= 11 is 0. The van der Waals surface area contributed by atoms with Crippen LogP contribution in [0.3, 0.4) is 0 Å². The number of hydrogen-bond acceptors (Lipinski definition) is 2. The van der Waals surface area contributed by atoms with E-state index >= 15 is 0 Å². The SMILES string of the molecule is C[C@@H](C[C@H](CCO)c1ccoc1)c1ccc2ccccc2c1. The maximum Gasteiger partial charge on any atom is 0.0937 e. The largest absolute Gasteiger partial charge is 0.472 e. The Labute approximate surface area is 131 Å². The lowest BCUT2D eigenvalue weighted by atomic mass is 9.85. The second-order valence-corrected chi connectivity index (χ2v) is 6.01. The van der Waals surface area contributed by atoms with E-state index < -0.39 is 0 Å². The summed E-state index contributed by atoms with van der Waals surface area (Å²) in [7, 11) is 0. The summed E-state index contributed by atoms with van der Waals surface area (Å²) in [4.78, 5) is 0. The van der Waals surface area contributed by atoms with Gasteiger partial charge in [0.2, 0.25) is 0 Å². The molecule has 0 unspecified atom stereocenters. The van der Waals surface area contributed by atoms with E-state index in [-0.39, 0.29) is 6.61 Å². The smallest absolute Gasteiger partial charge is 0.0937 e. The van der Waals surface area contributed by atoms with Crippen LogP contribution in [0.1, 0.15) is 42.7 Å². The van der Waals surface area contributed by atoms with Crippen LogP contribution in [0.25, 0.3) is 10.8 Å². The number of aliphatic hydroxyl groups excluding tert-OH is 1. The van der Waals surface area contributed by atoms with Gasteiger partial charge >= 0.3 is 0 Å². The van der Waals surface area contributed by atoms with Crippen molar-refractivity contribution in [2.75, 3.05) is 6.61 Å². The fourth-order valence-corrected chi connectivity index (χ4v) is 3.16. The zero-order valence-electron chi connectivity index (χ0n) is 12.9. The third-order valence-corrected chi connectivity index (χ3v) is 4.47. The van der Waals surface area contributed by atoms with Crippen LogP contribution in [-0.2, 0) is 0 Å². The maximum atomic E-state index is 9.33. The van der Waals surface area contributed by atoms with Gasteiger partial charge in [0.15, 0.2) is 0 Å². The van der Waals surface area contributed by atoms with E-state index in [4.69, 9.17) is 4.42 Å². The third-order valence-electron chi connectivity index (χ3n) is 4.47. The molecule has 2 nitrogen and oxygen atoms in total. The first-order valence-electron chi connectivity index (χ1n) is 7.89. The Kier molecular flexibility index (Phi) is 4.59. The standard InChI is InChI=1S/C20H22O2/c1-15(12-19(8-10-21)20-9-11-22-14-20)17-7-6-16-4-2-3-5-18(16)13-17/h2-7,9,11,13-15,19,21H,8,10,12H2,1H3/t15-,19-/m0/s1. The van der Waals surface area contributed by atoms with Crippen molar-refractivity contribution in [2.45, 2.75) is 31.6 Å². The van der Waals surface area contributed by atoms with Crippen molar-refractivity contribution in [2.24, 2.45) is 0 Å². The summed E-state index contributed by atoms with van der Waals surface area (Å²) in [5, 5.41) is 11.9. The van der Waals surface area contributed by atoms with Crippen molar-refractivity contribution < 1.29 is 9.52 Å². The predicted molar refractivity (Wildman–Crippen MR) is 90.1 cm³/mol. The van der Waals surface area contributed by atoms with Gasteiger partial charge in [-0.25, -0.2) is 0 Å². The van der Waals surface area contributed by atoms with Crippen LogP contribution >= 0.6 is 0 Å². The summed E-state index contributed by atoms with van der Waals surface area (Å²) in [5.74, 6) is 0.779. The van der Waals surface area contributed by atoms with Crippen molar-refractivity contribution in [3.63, 3.8) is 0 Å². The number of hydrogen-bond donors (Lipinski definition) is 1. The second-order valence-electron chi connectivity index (χ2n) is 6.01. The third kappa shape index (κ3) is 3.23. The van der Waals surface area contributed by atoms with Crippen LogP contribution in [0.2, 0.25) is 0 Å². The molecule has 1 aromatic heterocycles. The molecule has 1 N–H and O–H groups in total. The topological polar surface area (TPSA) is 33.4 Å². The molecule has 2 aromatic carbocycles. The summed E-state index contributed by atoms with van der Waals surface area (Å²) in [5.41, 5.74) is 2.53. The average Bonchev–Trinajstić information content (AvgIpc) is 3.08. The molecule has 0 aliphatic heterocycles. The Bertz CT molecular complexity index is 715. The molecule has 0 radical (unpaired) electrons. The Morgan fingerprint density at radius 3 is 2.55 bits per heavy atom. The Hall–Kier alpha value is -2.06. The van der Waals surface area contributed by atoms with Crippen LogP contribution in [0.15, 0.2) is 65.5 Å². The van der Waals surface area contributed by atoms with Gasteiger partial charge in [-0.3, -0.25) is 0 Å². The minimum Gasteiger partial charge on any atom is -0.472 e. The van der Waals surface area contributed by atoms with E-state index in [2.05, 4.69) is 49.4 Å². The number of benzene rings is 2. The van der Waals surface area contributed by atoms with Crippen LogP contribution in [0.4, 0.5) is 0 Å². The van der Waals surface area contributed by atoms with Crippen molar-refractivity contribution in [1.82, 2.24) is 0 Å². The summed E-state index contributed by atoms with van der Waals surface area (Å²) in [6.45, 7) is 2.47. The first kappa shape index (κ1) is 14.9. The molecular formula is C20H22O2. The number of furan rings is 1. The molecule has 3 aromatic rings. The highest BCUT2D eigenvalue weighted by Gasteiger charge is 2.17. The monoisotopic (exact) mass is 294 g/mol. The molecule has 0 fully saturated rings. The summed E-state index contributed by atoms with van der Waals surface area (Å²) in [6, 6.07) is 17.2. The molecule has 0 bridgehead atoms. The van der Waals surface area contributed by atoms with Gasteiger partial charge < -0.3 is 9.52 Å². The molecule has 3 rings (SSSR count). The fraction of sp³-hybridized carbons (Fsp3) is 0.300. The van der Waals surface area contributed by atoms with Crippen molar-refractivity contribution in [1.29, 1.82) is 0 Å². The van der Waals surface area contributed by atoms with Gasteiger partial charge in [-0.15, -0.1) is 0 Å². The molecular weight excluding hydrogens is 272 g/mol. The molecule has 0 amide bonds. The van der Waals surface area contributed by atoms with E-state index in [1.807, 2.05) is 6.07 Å². The van der Waals surface area contributed by atoms with Gasteiger partial charge in [0.1, 0.15) is 0 Å². The van der Waals surface area contributed by atoms with E-state index in [0.717, 1.165) is 12.8 Å². The molecule has 0 aliphatic rings. The number of rotatable bonds is 6.